The summed E-state index contributed by atoms with van der Waals surface area (Å²) in [6.45, 7) is 7.56. The van der Waals surface area contributed by atoms with Crippen molar-refractivity contribution >= 4 is 34.3 Å². The number of azo groups is 2. The number of pyridine rings is 2. The van der Waals surface area contributed by atoms with Crippen molar-refractivity contribution < 1.29 is 19.3 Å². The molecule has 0 unspecified atom stereocenters. The van der Waals surface area contributed by atoms with Gasteiger partial charge in [0, 0.05) is 86.2 Å². The fraction of sp³-hybridized carbons (Fsp3) is 0.415. The van der Waals surface area contributed by atoms with Gasteiger partial charge in [-0.25, -0.2) is 9.13 Å². The lowest BCUT2D eigenvalue weighted by molar-refractivity contribution is -0.697. The molecular weight excluding hydrogens is 665 g/mol. The minimum atomic E-state index is 0.281. The summed E-state index contributed by atoms with van der Waals surface area (Å²) in [6.07, 6.45) is 19.5. The second-order valence-electron chi connectivity index (χ2n) is 14.8. The molecule has 12 nitrogen and oxygen atoms in total. The highest BCUT2D eigenvalue weighted by Crippen LogP contribution is 2.46. The normalized spacial score (nSPS) is 16.5. The van der Waals surface area contributed by atoms with Gasteiger partial charge in [0.2, 0.25) is 0 Å². The van der Waals surface area contributed by atoms with E-state index in [1.165, 1.54) is 22.5 Å². The lowest BCUT2D eigenvalue weighted by Gasteiger charge is -2.37. The number of phenols is 2. The van der Waals surface area contributed by atoms with Crippen LogP contribution in [0.1, 0.15) is 54.4 Å². The van der Waals surface area contributed by atoms with E-state index >= 15 is 0 Å². The van der Waals surface area contributed by atoms with Gasteiger partial charge >= 0.3 is 5.82 Å². The first kappa shape index (κ1) is 33.3. The number of hydrogen-bond acceptors (Lipinski definition) is 8. The van der Waals surface area contributed by atoms with Gasteiger partial charge in [-0.15, -0.1) is 10.2 Å². The molecule has 4 aliphatic heterocycles. The number of aromatic nitrogens is 4. The largest absolute Gasteiger partial charge is 0.505 e. The average Bonchev–Trinajstić information content (AvgIpc) is 3.18. The van der Waals surface area contributed by atoms with Gasteiger partial charge in [-0.2, -0.15) is 0 Å². The van der Waals surface area contributed by atoms with Gasteiger partial charge in [-0.1, -0.05) is 6.07 Å². The Labute approximate surface area is 310 Å². The van der Waals surface area contributed by atoms with Crippen molar-refractivity contribution in [2.24, 2.45) is 20.5 Å². The molecule has 0 radical (unpaired) electrons. The number of phenolic OH excluding ortho intramolecular Hbond substituents is 2. The summed E-state index contributed by atoms with van der Waals surface area (Å²) in [5.74, 6) is 1.32. The summed E-state index contributed by atoms with van der Waals surface area (Å²) >= 11 is 0. The van der Waals surface area contributed by atoms with Gasteiger partial charge in [0.1, 0.15) is 30.2 Å². The maximum absolute atomic E-state index is 11.2. The lowest BCUT2D eigenvalue weighted by Crippen LogP contribution is -2.38. The van der Waals surface area contributed by atoms with E-state index < -0.39 is 0 Å². The third-order valence-electron chi connectivity index (χ3n) is 11.4. The van der Waals surface area contributed by atoms with Gasteiger partial charge in [-0.3, -0.25) is 9.36 Å². The Morgan fingerprint density at radius 2 is 1.25 bits per heavy atom. The van der Waals surface area contributed by atoms with Crippen LogP contribution in [0.3, 0.4) is 0 Å². The van der Waals surface area contributed by atoms with E-state index in [1.54, 1.807) is 0 Å². The van der Waals surface area contributed by atoms with E-state index in [4.69, 9.17) is 0 Å². The second kappa shape index (κ2) is 14.5. The van der Waals surface area contributed by atoms with Crippen molar-refractivity contribution in [3.63, 3.8) is 0 Å². The first-order valence-corrected chi connectivity index (χ1v) is 19.4. The molecule has 0 aliphatic carbocycles. The van der Waals surface area contributed by atoms with Crippen LogP contribution in [0.25, 0.3) is 0 Å². The lowest BCUT2D eigenvalue weighted by atomic mass is 9.90. The number of anilines is 2. The zero-order chi connectivity index (χ0) is 35.7. The van der Waals surface area contributed by atoms with Crippen molar-refractivity contribution in [3.05, 3.63) is 95.7 Å². The Kier molecular flexibility index (Phi) is 9.11. The van der Waals surface area contributed by atoms with Crippen molar-refractivity contribution in [2.45, 2.75) is 84.0 Å². The molecule has 12 heteroatoms. The van der Waals surface area contributed by atoms with E-state index in [1.807, 2.05) is 54.9 Å². The van der Waals surface area contributed by atoms with E-state index in [0.29, 0.717) is 11.4 Å². The monoisotopic (exact) mass is 712 g/mol. The highest BCUT2D eigenvalue weighted by molar-refractivity contribution is 5.75. The summed E-state index contributed by atoms with van der Waals surface area (Å²) in [5.41, 5.74) is 9.01. The molecule has 0 amide bonds. The maximum Gasteiger partial charge on any atom is 0.350 e. The van der Waals surface area contributed by atoms with Gasteiger partial charge in [-0.05, 0) is 91.9 Å². The van der Waals surface area contributed by atoms with Crippen molar-refractivity contribution in [3.8, 4) is 11.5 Å². The Morgan fingerprint density at radius 1 is 0.623 bits per heavy atom. The van der Waals surface area contributed by atoms with Crippen LogP contribution < -0.4 is 18.9 Å². The van der Waals surface area contributed by atoms with Gasteiger partial charge in [0.05, 0.1) is 17.9 Å². The number of nitrogens with zero attached hydrogens (tertiary/aromatic N) is 10. The number of hydrogen-bond donors (Lipinski definition) is 2. The molecule has 0 saturated carbocycles. The molecule has 7 heterocycles. The Bertz CT molecular complexity index is 2200. The SMILES string of the molecule is Oc1c(N=Nc2ccc[n+](CCCn3ccn3CC[n+]3ccccc3N=Nc3cc4c5c(c3O)CCCN5CCC4)c2)cc2c3c1CCCN3CCC2. The Balaban J connectivity index is 0.810. The van der Waals surface area contributed by atoms with Crippen LogP contribution in [0.5, 0.6) is 11.5 Å². The minimum absolute atomic E-state index is 0.281. The smallest absolute Gasteiger partial charge is 0.350 e. The number of aromatic hydroxyl groups is 2. The molecule has 272 valence electrons. The molecule has 0 saturated heterocycles. The van der Waals surface area contributed by atoms with E-state index in [-0.39, 0.29) is 11.5 Å². The third kappa shape index (κ3) is 6.66. The van der Waals surface area contributed by atoms with E-state index in [0.717, 1.165) is 133 Å². The summed E-state index contributed by atoms with van der Waals surface area (Å²) in [4.78, 5) is 4.85. The molecule has 5 aromatic rings. The van der Waals surface area contributed by atoms with Crippen LogP contribution >= 0.6 is 0 Å². The first-order chi connectivity index (χ1) is 26.1. The number of rotatable bonds is 11. The van der Waals surface area contributed by atoms with Gasteiger partial charge < -0.3 is 20.0 Å². The maximum atomic E-state index is 11.2. The molecule has 9 rings (SSSR count). The highest BCUT2D eigenvalue weighted by Gasteiger charge is 2.29. The Hall–Kier alpha value is -5.52. The zero-order valence-corrected chi connectivity index (χ0v) is 30.3. The van der Waals surface area contributed by atoms with Crippen LogP contribution in [-0.2, 0) is 51.9 Å². The molecule has 0 atom stereocenters. The highest BCUT2D eigenvalue weighted by atomic mass is 16.3. The predicted octanol–water partition coefficient (Wildman–Crippen LogP) is 7.29. The molecule has 0 fully saturated rings. The van der Waals surface area contributed by atoms with Crippen molar-refractivity contribution in [1.29, 1.82) is 0 Å². The molecule has 2 N–H and O–H groups in total. The molecule has 0 spiro atoms. The van der Waals surface area contributed by atoms with Crippen molar-refractivity contribution in [2.75, 3.05) is 36.0 Å². The summed E-state index contributed by atoms with van der Waals surface area (Å²) in [7, 11) is 0. The van der Waals surface area contributed by atoms with Crippen LogP contribution in [0.4, 0.5) is 34.3 Å². The fourth-order valence-corrected chi connectivity index (χ4v) is 8.76. The summed E-state index contributed by atoms with van der Waals surface area (Å²) < 4.78 is 8.75. The minimum Gasteiger partial charge on any atom is -0.505 e. The van der Waals surface area contributed by atoms with Crippen molar-refractivity contribution in [1.82, 2.24) is 9.36 Å². The Morgan fingerprint density at radius 3 is 1.91 bits per heavy atom. The first-order valence-electron chi connectivity index (χ1n) is 19.4. The second-order valence-corrected chi connectivity index (χ2v) is 14.8. The van der Waals surface area contributed by atoms with Gasteiger partial charge in [0.15, 0.2) is 23.8 Å². The topological polar surface area (TPSA) is 114 Å². The van der Waals surface area contributed by atoms with Crippen LogP contribution in [0.2, 0.25) is 0 Å². The zero-order valence-electron chi connectivity index (χ0n) is 30.3. The fourth-order valence-electron chi connectivity index (χ4n) is 8.76. The number of aryl methyl sites for hydroxylation is 6. The van der Waals surface area contributed by atoms with E-state index in [9.17, 15) is 10.2 Å². The predicted molar refractivity (Wildman–Crippen MR) is 203 cm³/mol. The van der Waals surface area contributed by atoms with E-state index in [2.05, 4.69) is 67.3 Å². The quantitative estimate of drug-likeness (QED) is 0.111. The average molecular weight is 713 g/mol. The van der Waals surface area contributed by atoms with Crippen LogP contribution in [-0.4, -0.2) is 45.8 Å². The summed E-state index contributed by atoms with van der Waals surface area (Å²) in [6, 6.07) is 14.0. The molecule has 2 aromatic carbocycles. The standard InChI is InChI=1S/C41H46N10O2/c52-40-33-12-6-20-48-18-3-9-30(38(33)48)27-35(40)43-42-32-11-5-15-46(29-32)16-8-22-50-25-26-51(50)24-23-47-17-2-1-14-37(47)45-44-36-28-31-10-4-19-49-21-7-13-34(39(31)49)41(36)53/h1-2,5,11,14-15,17,25-29H,3-4,6-10,12-13,16,18-24H2/p+2. The molecule has 53 heavy (non-hydrogen) atoms. The van der Waals surface area contributed by atoms with Crippen LogP contribution in [0.15, 0.2) is 93.9 Å². The molecule has 4 aliphatic rings. The van der Waals surface area contributed by atoms with Crippen LogP contribution in [0, 0.1) is 0 Å². The van der Waals surface area contributed by atoms with Gasteiger partial charge in [0.25, 0.3) is 0 Å². The third-order valence-corrected chi connectivity index (χ3v) is 11.4. The molecular formula is C41H48N10O2+2. The number of benzene rings is 2. The molecule has 3 aromatic heterocycles. The molecule has 0 bridgehead atoms. The summed E-state index contributed by atoms with van der Waals surface area (Å²) in [5, 5.41) is 40.5.